The number of hydrazone groups is 1. The molecular weight excluding hydrogens is 324 g/mol. The number of rotatable bonds is 5. The number of non-ortho nitro benzene ring substituents is 1. The van der Waals surface area contributed by atoms with Crippen LogP contribution in [0.25, 0.3) is 0 Å². The van der Waals surface area contributed by atoms with E-state index in [2.05, 4.69) is 21.4 Å². The van der Waals surface area contributed by atoms with E-state index >= 15 is 0 Å². The zero-order chi connectivity index (χ0) is 17.8. The number of nitro benzene ring substituents is 1. The van der Waals surface area contributed by atoms with Crippen LogP contribution in [-0.4, -0.2) is 27.7 Å². The van der Waals surface area contributed by atoms with E-state index in [0.717, 1.165) is 5.69 Å². The number of nitrogens with zero attached hydrogens (tertiary/aromatic N) is 3. The molecule has 1 aliphatic rings. The Hall–Kier alpha value is -3.04. The molecule has 2 atom stereocenters. The van der Waals surface area contributed by atoms with Crippen LogP contribution in [0.1, 0.15) is 23.7 Å². The predicted molar refractivity (Wildman–Crippen MR) is 91.7 cm³/mol. The lowest BCUT2D eigenvalue weighted by Crippen LogP contribution is -2.41. The molecular formula is C16H18N6O3. The maximum atomic E-state index is 12.2. The lowest BCUT2D eigenvalue weighted by molar-refractivity contribution is -0.384. The van der Waals surface area contributed by atoms with E-state index in [1.807, 2.05) is 29.9 Å². The van der Waals surface area contributed by atoms with Gasteiger partial charge in [-0.3, -0.25) is 14.9 Å². The van der Waals surface area contributed by atoms with Crippen LogP contribution < -0.4 is 16.3 Å². The van der Waals surface area contributed by atoms with Gasteiger partial charge in [0.25, 0.3) is 11.6 Å². The highest BCUT2D eigenvalue weighted by atomic mass is 16.6. The van der Waals surface area contributed by atoms with Crippen LogP contribution in [0.3, 0.4) is 0 Å². The number of hydrazine groups is 1. The Labute approximate surface area is 143 Å². The summed E-state index contributed by atoms with van der Waals surface area (Å²) in [6, 6.07) is 9.59. The third-order valence-corrected chi connectivity index (χ3v) is 4.03. The van der Waals surface area contributed by atoms with Crippen molar-refractivity contribution in [2.24, 2.45) is 12.1 Å². The van der Waals surface area contributed by atoms with Crippen LogP contribution >= 0.6 is 0 Å². The number of benzene rings is 1. The molecule has 2 aromatic rings. The summed E-state index contributed by atoms with van der Waals surface area (Å²) in [7, 11) is 1.95. The Morgan fingerprint density at radius 1 is 1.40 bits per heavy atom. The summed E-state index contributed by atoms with van der Waals surface area (Å²) >= 11 is 0. The molecule has 1 saturated heterocycles. The van der Waals surface area contributed by atoms with Crippen LogP contribution in [0.4, 0.5) is 5.69 Å². The molecule has 9 heteroatoms. The minimum Gasteiger partial charge on any atom is -0.353 e. The third kappa shape index (κ3) is 3.90. The van der Waals surface area contributed by atoms with Gasteiger partial charge in [0.2, 0.25) is 0 Å². The molecule has 0 bridgehead atoms. The number of nitro groups is 1. The van der Waals surface area contributed by atoms with Gasteiger partial charge in [-0.1, -0.05) is 12.1 Å². The standard InChI is InChI=1S/C16H18N6O3/c1-21-7-3-6-15(21)13-9-14(19-18-13)16(23)20-17-10-11-4-2-5-12(8-11)22(24)25/h2-8,10,13-14,18-19H,9H2,1H3,(H,20,23)/b17-10+. The largest absolute Gasteiger partial charge is 0.353 e. The monoisotopic (exact) mass is 342 g/mol. The van der Waals surface area contributed by atoms with Gasteiger partial charge in [-0.25, -0.2) is 16.3 Å². The summed E-state index contributed by atoms with van der Waals surface area (Å²) in [4.78, 5) is 22.4. The molecule has 0 saturated carbocycles. The van der Waals surface area contributed by atoms with Gasteiger partial charge >= 0.3 is 0 Å². The van der Waals surface area contributed by atoms with Crippen LogP contribution in [0.5, 0.6) is 0 Å². The average molecular weight is 342 g/mol. The fourth-order valence-corrected chi connectivity index (χ4v) is 2.73. The number of carbonyl (C=O) groups is 1. The summed E-state index contributed by atoms with van der Waals surface area (Å²) < 4.78 is 2.00. The number of amides is 1. The molecule has 2 unspecified atom stereocenters. The summed E-state index contributed by atoms with van der Waals surface area (Å²) in [6.07, 6.45) is 3.92. The fourth-order valence-electron chi connectivity index (χ4n) is 2.73. The van der Waals surface area contributed by atoms with Crippen molar-refractivity contribution in [3.05, 3.63) is 64.0 Å². The van der Waals surface area contributed by atoms with Crippen molar-refractivity contribution >= 4 is 17.8 Å². The van der Waals surface area contributed by atoms with Crippen LogP contribution in [-0.2, 0) is 11.8 Å². The van der Waals surface area contributed by atoms with E-state index in [1.165, 1.54) is 18.3 Å². The number of nitrogens with one attached hydrogen (secondary N) is 3. The van der Waals surface area contributed by atoms with E-state index in [0.29, 0.717) is 12.0 Å². The van der Waals surface area contributed by atoms with Gasteiger partial charge in [-0.15, -0.1) is 0 Å². The second kappa shape index (κ2) is 7.24. The quantitative estimate of drug-likeness (QED) is 0.426. The summed E-state index contributed by atoms with van der Waals surface area (Å²) in [5.41, 5.74) is 10.1. The van der Waals surface area contributed by atoms with Crippen LogP contribution in [0.2, 0.25) is 0 Å². The Kier molecular flexibility index (Phi) is 4.87. The highest BCUT2D eigenvalue weighted by Gasteiger charge is 2.31. The summed E-state index contributed by atoms with van der Waals surface area (Å²) in [5.74, 6) is -0.272. The first kappa shape index (κ1) is 16.8. The molecule has 1 amide bonds. The molecule has 9 nitrogen and oxygen atoms in total. The summed E-state index contributed by atoms with van der Waals surface area (Å²) in [5, 5.41) is 14.6. The molecule has 2 heterocycles. The minimum absolute atomic E-state index is 0.0256. The maximum Gasteiger partial charge on any atom is 0.270 e. The van der Waals surface area contributed by atoms with Crippen LogP contribution in [0.15, 0.2) is 47.7 Å². The van der Waals surface area contributed by atoms with Gasteiger partial charge in [0, 0.05) is 36.6 Å². The molecule has 3 N–H and O–H groups in total. The molecule has 0 aliphatic carbocycles. The number of aromatic nitrogens is 1. The number of carbonyl (C=O) groups excluding carboxylic acids is 1. The van der Waals surface area contributed by atoms with Crippen LogP contribution in [0, 0.1) is 10.1 Å². The summed E-state index contributed by atoms with van der Waals surface area (Å²) in [6.45, 7) is 0. The minimum atomic E-state index is -0.478. The molecule has 3 rings (SSSR count). The Morgan fingerprint density at radius 3 is 2.96 bits per heavy atom. The molecule has 1 fully saturated rings. The molecule has 1 aromatic heterocycles. The van der Waals surface area contributed by atoms with Crippen molar-refractivity contribution in [2.75, 3.05) is 0 Å². The first-order chi connectivity index (χ1) is 12.0. The van der Waals surface area contributed by atoms with Gasteiger partial charge in [-0.05, 0) is 18.6 Å². The second-order valence-corrected chi connectivity index (χ2v) is 5.76. The molecule has 1 aliphatic heterocycles. The van der Waals surface area contributed by atoms with E-state index in [1.54, 1.807) is 12.1 Å². The van der Waals surface area contributed by atoms with Gasteiger partial charge in [0.05, 0.1) is 17.2 Å². The first-order valence-electron chi connectivity index (χ1n) is 7.74. The number of aryl methyl sites for hydroxylation is 1. The second-order valence-electron chi connectivity index (χ2n) is 5.76. The molecule has 0 radical (unpaired) electrons. The Morgan fingerprint density at radius 2 is 2.24 bits per heavy atom. The Bertz CT molecular complexity index is 816. The predicted octanol–water partition coefficient (Wildman–Crippen LogP) is 0.991. The maximum absolute atomic E-state index is 12.2. The van der Waals surface area contributed by atoms with E-state index < -0.39 is 11.0 Å². The van der Waals surface area contributed by atoms with Crippen molar-refractivity contribution in [1.29, 1.82) is 0 Å². The average Bonchev–Trinajstić information content (AvgIpc) is 3.23. The van der Waals surface area contributed by atoms with E-state index in [9.17, 15) is 14.9 Å². The lowest BCUT2D eigenvalue weighted by Gasteiger charge is -2.10. The molecule has 130 valence electrons. The molecule has 0 spiro atoms. The zero-order valence-corrected chi connectivity index (χ0v) is 13.5. The molecule has 25 heavy (non-hydrogen) atoms. The van der Waals surface area contributed by atoms with Gasteiger partial charge in [0.1, 0.15) is 6.04 Å². The smallest absolute Gasteiger partial charge is 0.270 e. The van der Waals surface area contributed by atoms with E-state index in [4.69, 9.17) is 0 Å². The number of hydrogen-bond donors (Lipinski definition) is 3. The van der Waals surface area contributed by atoms with Gasteiger partial charge in [0.15, 0.2) is 0 Å². The third-order valence-electron chi connectivity index (χ3n) is 4.03. The number of hydrogen-bond acceptors (Lipinski definition) is 6. The van der Waals surface area contributed by atoms with E-state index in [-0.39, 0.29) is 17.6 Å². The van der Waals surface area contributed by atoms with Crippen molar-refractivity contribution in [1.82, 2.24) is 20.8 Å². The van der Waals surface area contributed by atoms with Gasteiger partial charge < -0.3 is 4.57 Å². The zero-order valence-electron chi connectivity index (χ0n) is 13.5. The Balaban J connectivity index is 1.55. The van der Waals surface area contributed by atoms with Crippen molar-refractivity contribution < 1.29 is 9.72 Å². The fraction of sp³-hybridized carbons (Fsp3) is 0.250. The first-order valence-corrected chi connectivity index (χ1v) is 7.74. The van der Waals surface area contributed by atoms with Crippen molar-refractivity contribution in [3.63, 3.8) is 0 Å². The SMILES string of the molecule is Cn1cccc1C1CC(C(=O)N/N=C/c2cccc([N+](=O)[O-])c2)NN1. The topological polar surface area (TPSA) is 114 Å². The van der Waals surface area contributed by atoms with Gasteiger partial charge in [-0.2, -0.15) is 5.10 Å². The normalized spacial score (nSPS) is 20.0. The lowest BCUT2D eigenvalue weighted by atomic mass is 10.1. The highest BCUT2D eigenvalue weighted by molar-refractivity contribution is 5.85. The van der Waals surface area contributed by atoms with Crippen molar-refractivity contribution in [2.45, 2.75) is 18.5 Å². The highest BCUT2D eigenvalue weighted by Crippen LogP contribution is 2.22. The molecule has 1 aromatic carbocycles. The van der Waals surface area contributed by atoms with Crippen molar-refractivity contribution in [3.8, 4) is 0 Å².